The van der Waals surface area contributed by atoms with Gasteiger partial charge in [0.2, 0.25) is 0 Å². The van der Waals surface area contributed by atoms with Crippen LogP contribution in [0, 0.1) is 0 Å². The average molecular weight is 398 g/mol. The summed E-state index contributed by atoms with van der Waals surface area (Å²) in [5.41, 5.74) is 8.33. The van der Waals surface area contributed by atoms with Crippen molar-refractivity contribution in [1.29, 1.82) is 0 Å². The van der Waals surface area contributed by atoms with Crippen molar-refractivity contribution in [1.82, 2.24) is 9.97 Å². The summed E-state index contributed by atoms with van der Waals surface area (Å²) in [5, 5.41) is 18.6. The summed E-state index contributed by atoms with van der Waals surface area (Å²) in [5.74, 6) is 0.999. The zero-order chi connectivity index (χ0) is 20.0. The molecule has 2 aromatic carbocycles. The molecule has 6 heteroatoms. The minimum absolute atomic E-state index is 0.217. The maximum absolute atomic E-state index is 9.28. The number of nitrogens with one attached hydrogen (secondary N) is 1. The van der Waals surface area contributed by atoms with Crippen LogP contribution in [0.25, 0.3) is 11.3 Å². The van der Waals surface area contributed by atoms with Gasteiger partial charge in [-0.2, -0.15) is 0 Å². The van der Waals surface area contributed by atoms with Gasteiger partial charge in [-0.25, -0.2) is 4.98 Å². The van der Waals surface area contributed by atoms with Crippen molar-refractivity contribution in [3.8, 4) is 11.3 Å². The zero-order valence-electron chi connectivity index (χ0n) is 16.1. The van der Waals surface area contributed by atoms with Crippen LogP contribution >= 0.6 is 11.8 Å². The topological polar surface area (TPSA) is 95.2 Å². The second-order valence-electron chi connectivity index (χ2n) is 7.05. The standard InChI is InChI=1S/C22H27N3O2S/c1-2-21-24-13-20(25-21)17-5-9-19(10-6-17)28-18-7-3-16(4-8-18)11-12-22(23,14-26)15-27/h3-10,13,26-27H,2,11-12,14-15,23H2,1H3,(H,24,25). The van der Waals surface area contributed by atoms with Gasteiger partial charge in [-0.1, -0.05) is 43.0 Å². The molecule has 0 amide bonds. The van der Waals surface area contributed by atoms with Gasteiger partial charge in [-0.05, 0) is 48.2 Å². The fourth-order valence-electron chi connectivity index (χ4n) is 2.85. The van der Waals surface area contributed by atoms with E-state index in [0.29, 0.717) is 6.42 Å². The molecule has 0 aliphatic heterocycles. The summed E-state index contributed by atoms with van der Waals surface area (Å²) in [4.78, 5) is 10.0. The second-order valence-corrected chi connectivity index (χ2v) is 8.19. The van der Waals surface area contributed by atoms with Gasteiger partial charge < -0.3 is 20.9 Å². The van der Waals surface area contributed by atoms with Gasteiger partial charge in [-0.15, -0.1) is 0 Å². The number of rotatable bonds is 9. The summed E-state index contributed by atoms with van der Waals surface area (Å²) < 4.78 is 0. The zero-order valence-corrected chi connectivity index (χ0v) is 16.9. The van der Waals surface area contributed by atoms with E-state index in [9.17, 15) is 10.2 Å². The molecular formula is C22H27N3O2S. The molecule has 0 saturated heterocycles. The van der Waals surface area contributed by atoms with Gasteiger partial charge >= 0.3 is 0 Å². The Balaban J connectivity index is 1.59. The minimum Gasteiger partial charge on any atom is -0.394 e. The summed E-state index contributed by atoms with van der Waals surface area (Å²) in [6.07, 6.45) is 4.04. The lowest BCUT2D eigenvalue weighted by Gasteiger charge is -2.24. The number of nitrogens with zero attached hydrogens (tertiary/aromatic N) is 1. The van der Waals surface area contributed by atoms with Crippen molar-refractivity contribution in [3.63, 3.8) is 0 Å². The minimum atomic E-state index is -0.915. The third-order valence-electron chi connectivity index (χ3n) is 4.83. The Hall–Kier alpha value is -2.12. The van der Waals surface area contributed by atoms with E-state index >= 15 is 0 Å². The summed E-state index contributed by atoms with van der Waals surface area (Å²) >= 11 is 1.71. The number of H-pyrrole nitrogens is 1. The smallest absolute Gasteiger partial charge is 0.106 e. The van der Waals surface area contributed by atoms with Crippen LogP contribution in [0.2, 0.25) is 0 Å². The number of aryl methyl sites for hydroxylation is 2. The Kier molecular flexibility index (Phi) is 6.91. The summed E-state index contributed by atoms with van der Waals surface area (Å²) in [6.45, 7) is 1.65. The van der Waals surface area contributed by atoms with Gasteiger partial charge in [0, 0.05) is 16.2 Å². The normalized spacial score (nSPS) is 11.7. The first-order valence-corrected chi connectivity index (χ1v) is 10.3. The van der Waals surface area contributed by atoms with E-state index in [2.05, 4.69) is 65.4 Å². The van der Waals surface area contributed by atoms with Crippen LogP contribution in [0.4, 0.5) is 0 Å². The van der Waals surface area contributed by atoms with Crippen LogP contribution < -0.4 is 5.73 Å². The molecule has 28 heavy (non-hydrogen) atoms. The molecule has 5 N–H and O–H groups in total. The first-order chi connectivity index (χ1) is 13.5. The van der Waals surface area contributed by atoms with Crippen molar-refractivity contribution in [3.05, 3.63) is 66.1 Å². The van der Waals surface area contributed by atoms with Crippen molar-refractivity contribution in [2.24, 2.45) is 5.73 Å². The molecule has 0 saturated carbocycles. The Labute approximate surface area is 170 Å². The van der Waals surface area contributed by atoms with Crippen molar-refractivity contribution in [2.45, 2.75) is 41.5 Å². The maximum Gasteiger partial charge on any atom is 0.106 e. The number of benzene rings is 2. The van der Waals surface area contributed by atoms with Crippen molar-refractivity contribution >= 4 is 11.8 Å². The number of nitrogens with two attached hydrogens (primary N) is 1. The number of aromatic amines is 1. The highest BCUT2D eigenvalue weighted by molar-refractivity contribution is 7.99. The predicted octanol–water partition coefficient (Wildman–Crippen LogP) is 3.41. The Bertz CT molecular complexity index is 872. The van der Waals surface area contributed by atoms with E-state index in [1.54, 1.807) is 11.8 Å². The molecular weight excluding hydrogens is 370 g/mol. The maximum atomic E-state index is 9.28. The molecule has 1 heterocycles. The van der Waals surface area contributed by atoms with Crippen LogP contribution in [0.5, 0.6) is 0 Å². The summed E-state index contributed by atoms with van der Waals surface area (Å²) in [6, 6.07) is 16.8. The third-order valence-corrected chi connectivity index (χ3v) is 5.84. The number of hydrogen-bond acceptors (Lipinski definition) is 5. The van der Waals surface area contributed by atoms with E-state index in [1.165, 1.54) is 4.90 Å². The van der Waals surface area contributed by atoms with Gasteiger partial charge in [0.1, 0.15) is 5.82 Å². The number of aliphatic hydroxyl groups excluding tert-OH is 2. The Morgan fingerprint density at radius 1 is 1.00 bits per heavy atom. The molecule has 0 radical (unpaired) electrons. The van der Waals surface area contributed by atoms with E-state index in [4.69, 9.17) is 5.73 Å². The quantitative estimate of drug-likeness (QED) is 0.444. The lowest BCUT2D eigenvalue weighted by atomic mass is 9.94. The molecule has 0 aliphatic carbocycles. The molecule has 0 aliphatic rings. The molecule has 1 aromatic heterocycles. The van der Waals surface area contributed by atoms with Crippen LogP contribution in [0.1, 0.15) is 24.7 Å². The lowest BCUT2D eigenvalue weighted by Crippen LogP contribution is -2.47. The number of hydrogen-bond donors (Lipinski definition) is 4. The Morgan fingerprint density at radius 3 is 2.14 bits per heavy atom. The number of aromatic nitrogens is 2. The van der Waals surface area contributed by atoms with E-state index in [0.717, 1.165) is 40.4 Å². The molecule has 5 nitrogen and oxygen atoms in total. The van der Waals surface area contributed by atoms with Gasteiger partial charge in [0.25, 0.3) is 0 Å². The Morgan fingerprint density at radius 2 is 1.61 bits per heavy atom. The largest absolute Gasteiger partial charge is 0.394 e. The highest BCUT2D eigenvalue weighted by Crippen LogP contribution is 2.30. The molecule has 3 aromatic rings. The first-order valence-electron chi connectivity index (χ1n) is 9.47. The van der Waals surface area contributed by atoms with Crippen molar-refractivity contribution < 1.29 is 10.2 Å². The second kappa shape index (κ2) is 9.39. The molecule has 0 bridgehead atoms. The molecule has 148 valence electrons. The molecule has 0 atom stereocenters. The van der Waals surface area contributed by atoms with Crippen LogP contribution in [-0.4, -0.2) is 38.9 Å². The molecule has 0 fully saturated rings. The highest BCUT2D eigenvalue weighted by atomic mass is 32.2. The van der Waals surface area contributed by atoms with Crippen LogP contribution in [0.15, 0.2) is 64.5 Å². The number of imidazole rings is 1. The van der Waals surface area contributed by atoms with E-state index in [1.807, 2.05) is 6.20 Å². The molecule has 0 unspecified atom stereocenters. The molecule has 0 spiro atoms. The van der Waals surface area contributed by atoms with Gasteiger partial charge in [0.15, 0.2) is 0 Å². The van der Waals surface area contributed by atoms with Gasteiger partial charge in [0.05, 0.1) is 30.6 Å². The predicted molar refractivity (Wildman–Crippen MR) is 113 cm³/mol. The van der Waals surface area contributed by atoms with E-state index < -0.39 is 5.54 Å². The molecule has 3 rings (SSSR count). The fraction of sp³-hybridized carbons (Fsp3) is 0.318. The van der Waals surface area contributed by atoms with Gasteiger partial charge in [-0.3, -0.25) is 0 Å². The first kappa shape index (κ1) is 20.6. The fourth-order valence-corrected chi connectivity index (χ4v) is 3.67. The lowest BCUT2D eigenvalue weighted by molar-refractivity contribution is 0.115. The number of aliphatic hydroxyl groups is 2. The van der Waals surface area contributed by atoms with Crippen molar-refractivity contribution in [2.75, 3.05) is 13.2 Å². The van der Waals surface area contributed by atoms with E-state index in [-0.39, 0.29) is 13.2 Å². The third kappa shape index (κ3) is 5.23. The summed E-state index contributed by atoms with van der Waals surface area (Å²) in [7, 11) is 0. The van der Waals surface area contributed by atoms with Crippen LogP contribution in [-0.2, 0) is 12.8 Å². The average Bonchev–Trinajstić information content (AvgIpc) is 3.23. The monoisotopic (exact) mass is 397 g/mol. The van der Waals surface area contributed by atoms with Crippen LogP contribution in [0.3, 0.4) is 0 Å². The highest BCUT2D eigenvalue weighted by Gasteiger charge is 2.22. The SMILES string of the molecule is CCc1ncc(-c2ccc(Sc3ccc(CCC(N)(CO)CO)cc3)cc2)[nH]1.